The van der Waals surface area contributed by atoms with Crippen molar-refractivity contribution < 1.29 is 9.18 Å². The Hall–Kier alpha value is -3.05. The zero-order chi connectivity index (χ0) is 20.9. The summed E-state index contributed by atoms with van der Waals surface area (Å²) in [7, 11) is 0. The average Bonchev–Trinajstić information content (AvgIpc) is 3.12. The van der Waals surface area contributed by atoms with Crippen LogP contribution in [0.25, 0.3) is 10.9 Å². The molecule has 4 rings (SSSR count). The number of nitrogens with zero attached hydrogens (tertiary/aromatic N) is 1. The number of halogens is 1. The van der Waals surface area contributed by atoms with Gasteiger partial charge in [-0.05, 0) is 30.7 Å². The molecule has 1 N–H and O–H groups in total. The lowest BCUT2D eigenvalue weighted by Crippen LogP contribution is -2.27. The number of aromatic nitrogens is 1. The maximum absolute atomic E-state index is 13.8. The van der Waals surface area contributed by atoms with Gasteiger partial charge in [-0.2, -0.15) is 0 Å². The van der Waals surface area contributed by atoms with Gasteiger partial charge in [-0.25, -0.2) is 4.39 Å². The van der Waals surface area contributed by atoms with Crippen molar-refractivity contribution in [2.75, 3.05) is 6.54 Å². The second kappa shape index (κ2) is 9.18. The van der Waals surface area contributed by atoms with E-state index in [1.165, 1.54) is 28.0 Å². The summed E-state index contributed by atoms with van der Waals surface area (Å²) in [5, 5.41) is 4.35. The van der Waals surface area contributed by atoms with Crippen molar-refractivity contribution in [1.29, 1.82) is 0 Å². The number of hydrogen-bond donors (Lipinski definition) is 1. The second-order valence-corrected chi connectivity index (χ2v) is 8.49. The highest BCUT2D eigenvalue weighted by Gasteiger charge is 2.14. The summed E-state index contributed by atoms with van der Waals surface area (Å²) >= 11 is 1.83. The first-order valence-electron chi connectivity index (χ1n) is 9.95. The molecule has 1 atom stereocenters. The largest absolute Gasteiger partial charge is 0.350 e. The maximum Gasteiger partial charge on any atom is 0.254 e. The predicted molar refractivity (Wildman–Crippen MR) is 121 cm³/mol. The molecule has 0 aliphatic heterocycles. The highest BCUT2D eigenvalue weighted by atomic mass is 32.2. The van der Waals surface area contributed by atoms with Crippen molar-refractivity contribution in [2.24, 2.45) is 0 Å². The van der Waals surface area contributed by atoms with Gasteiger partial charge in [0, 0.05) is 40.3 Å². The number of benzene rings is 3. The second-order valence-electron chi connectivity index (χ2n) is 7.11. The number of fused-ring (bicyclic) bond motifs is 1. The van der Waals surface area contributed by atoms with Crippen LogP contribution in [0.5, 0.6) is 0 Å². The van der Waals surface area contributed by atoms with Crippen LogP contribution in [0.2, 0.25) is 0 Å². The Kier molecular flexibility index (Phi) is 6.19. The van der Waals surface area contributed by atoms with Crippen LogP contribution < -0.4 is 5.32 Å². The van der Waals surface area contributed by atoms with Crippen LogP contribution in [-0.2, 0) is 6.54 Å². The zero-order valence-corrected chi connectivity index (χ0v) is 17.5. The summed E-state index contributed by atoms with van der Waals surface area (Å²) in [5.74, 6) is -0.896. The van der Waals surface area contributed by atoms with Gasteiger partial charge >= 0.3 is 0 Å². The number of nitrogens with one attached hydrogen (secondary N) is 1. The molecule has 1 heterocycles. The Morgan fingerprint density at radius 2 is 1.70 bits per heavy atom. The fourth-order valence-electron chi connectivity index (χ4n) is 3.51. The standard InChI is InChI=1S/C25H23FN2OS/c1-18(19-9-3-2-4-10-19)30-24-17-28(23-14-8-6-12-21(23)24)16-15-27-25(29)20-11-5-7-13-22(20)26/h2-14,17-18H,15-16H2,1H3,(H,27,29). The van der Waals surface area contributed by atoms with Gasteiger partial charge in [0.1, 0.15) is 5.82 Å². The average molecular weight is 419 g/mol. The third-order valence-corrected chi connectivity index (χ3v) is 6.29. The summed E-state index contributed by atoms with van der Waals surface area (Å²) in [5.41, 5.74) is 2.49. The van der Waals surface area contributed by atoms with Crippen molar-refractivity contribution in [3.8, 4) is 0 Å². The summed E-state index contributed by atoms with van der Waals surface area (Å²) in [6.45, 7) is 3.24. The number of carbonyl (C=O) groups excluding carboxylic acids is 1. The van der Waals surface area contributed by atoms with Crippen LogP contribution in [0, 0.1) is 5.82 Å². The van der Waals surface area contributed by atoms with E-state index in [0.717, 1.165) is 5.52 Å². The van der Waals surface area contributed by atoms with Gasteiger partial charge in [-0.1, -0.05) is 60.7 Å². The van der Waals surface area contributed by atoms with Gasteiger partial charge in [0.2, 0.25) is 0 Å². The van der Waals surface area contributed by atoms with Crippen LogP contribution >= 0.6 is 11.8 Å². The lowest BCUT2D eigenvalue weighted by atomic mass is 10.2. The Morgan fingerprint density at radius 3 is 2.50 bits per heavy atom. The molecule has 0 bridgehead atoms. The van der Waals surface area contributed by atoms with Gasteiger partial charge in [0.25, 0.3) is 5.91 Å². The van der Waals surface area contributed by atoms with Gasteiger partial charge < -0.3 is 9.88 Å². The van der Waals surface area contributed by atoms with E-state index < -0.39 is 11.7 Å². The molecule has 0 fully saturated rings. The quantitative estimate of drug-likeness (QED) is 0.370. The van der Waals surface area contributed by atoms with E-state index >= 15 is 0 Å². The first-order valence-corrected chi connectivity index (χ1v) is 10.8. The van der Waals surface area contributed by atoms with Gasteiger partial charge in [0.05, 0.1) is 5.56 Å². The van der Waals surface area contributed by atoms with Crippen LogP contribution in [0.4, 0.5) is 4.39 Å². The number of para-hydroxylation sites is 1. The summed E-state index contributed by atoms with van der Waals surface area (Å²) in [4.78, 5) is 13.5. The van der Waals surface area contributed by atoms with E-state index in [9.17, 15) is 9.18 Å². The minimum Gasteiger partial charge on any atom is -0.350 e. The Labute approximate surface area is 179 Å². The third kappa shape index (κ3) is 4.41. The smallest absolute Gasteiger partial charge is 0.254 e. The molecular weight excluding hydrogens is 395 g/mol. The molecular formula is C25H23FN2OS. The molecule has 3 aromatic carbocycles. The van der Waals surface area contributed by atoms with Crippen molar-refractivity contribution >= 4 is 28.6 Å². The molecule has 30 heavy (non-hydrogen) atoms. The van der Waals surface area contributed by atoms with E-state index in [-0.39, 0.29) is 5.56 Å². The highest BCUT2D eigenvalue weighted by molar-refractivity contribution is 7.99. The molecule has 152 valence electrons. The van der Waals surface area contributed by atoms with E-state index in [1.54, 1.807) is 12.1 Å². The molecule has 0 aliphatic rings. The lowest BCUT2D eigenvalue weighted by Gasteiger charge is -2.10. The van der Waals surface area contributed by atoms with E-state index in [2.05, 4.69) is 59.4 Å². The van der Waals surface area contributed by atoms with Crippen molar-refractivity contribution in [3.63, 3.8) is 0 Å². The van der Waals surface area contributed by atoms with E-state index in [1.807, 2.05) is 30.0 Å². The molecule has 0 aliphatic carbocycles. The minimum atomic E-state index is -0.505. The normalized spacial score (nSPS) is 12.1. The van der Waals surface area contributed by atoms with E-state index in [4.69, 9.17) is 0 Å². The minimum absolute atomic E-state index is 0.0720. The molecule has 1 aromatic heterocycles. The molecule has 3 nitrogen and oxygen atoms in total. The van der Waals surface area contributed by atoms with Gasteiger partial charge in [-0.15, -0.1) is 11.8 Å². The van der Waals surface area contributed by atoms with Crippen molar-refractivity contribution in [1.82, 2.24) is 9.88 Å². The molecule has 0 saturated carbocycles. The van der Waals surface area contributed by atoms with Crippen LogP contribution in [0.15, 0.2) is 90.0 Å². The SMILES string of the molecule is CC(Sc1cn(CCNC(=O)c2ccccc2F)c2ccccc12)c1ccccc1. The van der Waals surface area contributed by atoms with Crippen LogP contribution in [-0.4, -0.2) is 17.0 Å². The summed E-state index contributed by atoms with van der Waals surface area (Å²) in [6, 6.07) is 24.8. The number of rotatable bonds is 7. The molecule has 4 aromatic rings. The lowest BCUT2D eigenvalue weighted by molar-refractivity contribution is 0.0948. The molecule has 0 radical (unpaired) electrons. The molecule has 1 amide bonds. The van der Waals surface area contributed by atoms with Crippen molar-refractivity contribution in [2.45, 2.75) is 23.6 Å². The Morgan fingerprint density at radius 1 is 1.00 bits per heavy atom. The predicted octanol–water partition coefficient (Wildman–Crippen LogP) is 6.06. The molecule has 5 heteroatoms. The molecule has 0 saturated heterocycles. The fraction of sp³-hybridized carbons (Fsp3) is 0.160. The zero-order valence-electron chi connectivity index (χ0n) is 16.7. The molecule has 1 unspecified atom stereocenters. The summed E-state index contributed by atoms with van der Waals surface area (Å²) in [6.07, 6.45) is 2.14. The topological polar surface area (TPSA) is 34.0 Å². The fourth-order valence-corrected chi connectivity index (χ4v) is 4.67. The number of carbonyl (C=O) groups is 1. The van der Waals surface area contributed by atoms with Gasteiger partial charge in [-0.3, -0.25) is 4.79 Å². The van der Waals surface area contributed by atoms with E-state index in [0.29, 0.717) is 18.3 Å². The van der Waals surface area contributed by atoms with Gasteiger partial charge in [0.15, 0.2) is 0 Å². The maximum atomic E-state index is 13.8. The first kappa shape index (κ1) is 20.2. The van der Waals surface area contributed by atoms with Crippen molar-refractivity contribution in [3.05, 3.63) is 102 Å². The Bertz CT molecular complexity index is 1160. The first-order chi connectivity index (χ1) is 14.6. The highest BCUT2D eigenvalue weighted by Crippen LogP contribution is 2.39. The van der Waals surface area contributed by atoms with Crippen LogP contribution in [0.3, 0.4) is 0 Å². The Balaban J connectivity index is 1.48. The molecule has 0 spiro atoms. The summed E-state index contributed by atoms with van der Waals surface area (Å²) < 4.78 is 15.9. The van der Waals surface area contributed by atoms with Crippen LogP contribution in [0.1, 0.15) is 28.1 Å². The monoisotopic (exact) mass is 418 g/mol. The number of hydrogen-bond acceptors (Lipinski definition) is 2. The number of amides is 1. The number of thioether (sulfide) groups is 1. The third-order valence-electron chi connectivity index (χ3n) is 5.08.